The molecule has 0 unspecified atom stereocenters. The van der Waals surface area contributed by atoms with Crippen LogP contribution in [-0.2, 0) is 20.0 Å². The molecule has 5 aromatic rings. The van der Waals surface area contributed by atoms with E-state index in [4.69, 9.17) is 0 Å². The zero-order valence-electron chi connectivity index (χ0n) is 18.8. The Labute approximate surface area is 211 Å². The Bertz CT molecular complexity index is 1900. The van der Waals surface area contributed by atoms with E-state index in [0.29, 0.717) is 10.8 Å². The highest BCUT2D eigenvalue weighted by molar-refractivity contribution is 7.93. The number of sulfonamides is 2. The third kappa shape index (κ3) is 4.64. The van der Waals surface area contributed by atoms with Crippen molar-refractivity contribution in [3.63, 3.8) is 0 Å². The summed E-state index contributed by atoms with van der Waals surface area (Å²) in [4.78, 5) is 18.8. The maximum atomic E-state index is 13.2. The van der Waals surface area contributed by atoms with Gasteiger partial charge in [-0.2, -0.15) is 0 Å². The quantitative estimate of drug-likeness (QED) is 0.230. The van der Waals surface area contributed by atoms with Gasteiger partial charge in [0, 0.05) is 29.2 Å². The second-order valence-electron chi connectivity index (χ2n) is 7.86. The highest BCUT2D eigenvalue weighted by Crippen LogP contribution is 2.32. The number of nitrogens with one attached hydrogen (secondary N) is 2. The molecule has 0 fully saturated rings. The van der Waals surface area contributed by atoms with E-state index in [9.17, 15) is 26.9 Å². The maximum absolute atomic E-state index is 13.2. The fraction of sp³-hybridized carbons (Fsp3) is 0. The molecule has 3 aromatic carbocycles. The van der Waals surface area contributed by atoms with Gasteiger partial charge in [0.25, 0.3) is 25.7 Å². The molecule has 0 atom stereocenters. The molecule has 0 amide bonds. The van der Waals surface area contributed by atoms with Crippen molar-refractivity contribution in [1.29, 1.82) is 0 Å². The molecular formula is C24H17N5O6S2. The fourth-order valence-electron chi connectivity index (χ4n) is 3.84. The molecule has 2 heterocycles. The zero-order valence-corrected chi connectivity index (χ0v) is 20.4. The van der Waals surface area contributed by atoms with E-state index in [0.717, 1.165) is 12.1 Å². The predicted octanol–water partition coefficient (Wildman–Crippen LogP) is 4.29. The molecule has 5 rings (SSSR count). The first-order chi connectivity index (χ1) is 17.7. The number of aromatic nitrogens is 2. The number of nitro groups is 1. The van der Waals surface area contributed by atoms with Gasteiger partial charge in [0.05, 0.1) is 21.6 Å². The van der Waals surface area contributed by atoms with Crippen molar-refractivity contribution in [2.24, 2.45) is 0 Å². The van der Waals surface area contributed by atoms with Crippen molar-refractivity contribution in [2.75, 3.05) is 9.44 Å². The van der Waals surface area contributed by atoms with Gasteiger partial charge >= 0.3 is 0 Å². The number of anilines is 2. The molecule has 13 heteroatoms. The van der Waals surface area contributed by atoms with Crippen LogP contribution >= 0.6 is 0 Å². The maximum Gasteiger partial charge on any atom is 0.293 e. The minimum atomic E-state index is -4.34. The molecular weight excluding hydrogens is 518 g/mol. The summed E-state index contributed by atoms with van der Waals surface area (Å²) in [6.07, 6.45) is 2.89. The largest absolute Gasteiger partial charge is 0.293 e. The summed E-state index contributed by atoms with van der Waals surface area (Å²) in [5, 5.41) is 12.8. The van der Waals surface area contributed by atoms with Crippen molar-refractivity contribution in [1.82, 2.24) is 9.97 Å². The van der Waals surface area contributed by atoms with Gasteiger partial charge in [-0.15, -0.1) is 0 Å². The van der Waals surface area contributed by atoms with Crippen LogP contribution in [0, 0.1) is 10.1 Å². The van der Waals surface area contributed by atoms with Gasteiger partial charge in [-0.1, -0.05) is 36.4 Å². The van der Waals surface area contributed by atoms with Crippen LogP contribution in [0.3, 0.4) is 0 Å². The Kier molecular flexibility index (Phi) is 5.93. The predicted molar refractivity (Wildman–Crippen MR) is 138 cm³/mol. The van der Waals surface area contributed by atoms with Crippen LogP contribution < -0.4 is 9.44 Å². The first-order valence-electron chi connectivity index (χ1n) is 10.7. The van der Waals surface area contributed by atoms with Gasteiger partial charge in [0.2, 0.25) is 0 Å². The van der Waals surface area contributed by atoms with Crippen LogP contribution in [0.15, 0.2) is 101 Å². The Balaban J connectivity index is 1.55. The van der Waals surface area contributed by atoms with E-state index in [1.165, 1.54) is 36.7 Å². The van der Waals surface area contributed by atoms with Gasteiger partial charge in [0.1, 0.15) is 15.5 Å². The number of benzene rings is 3. The molecule has 2 N–H and O–H groups in total. The van der Waals surface area contributed by atoms with Gasteiger partial charge < -0.3 is 0 Å². The first-order valence-corrected chi connectivity index (χ1v) is 13.6. The van der Waals surface area contributed by atoms with Gasteiger partial charge in [0.15, 0.2) is 0 Å². The van der Waals surface area contributed by atoms with Crippen molar-refractivity contribution in [3.8, 4) is 0 Å². The van der Waals surface area contributed by atoms with E-state index in [1.807, 2.05) is 0 Å². The monoisotopic (exact) mass is 535 g/mol. The smallest absolute Gasteiger partial charge is 0.279 e. The lowest BCUT2D eigenvalue weighted by atomic mass is 10.2. The van der Waals surface area contributed by atoms with Gasteiger partial charge in [-0.25, -0.2) is 16.8 Å². The second kappa shape index (κ2) is 9.11. The van der Waals surface area contributed by atoms with Crippen LogP contribution in [0.4, 0.5) is 17.1 Å². The molecule has 0 radical (unpaired) electrons. The van der Waals surface area contributed by atoms with E-state index < -0.39 is 36.3 Å². The van der Waals surface area contributed by atoms with Gasteiger partial charge in [-0.05, 0) is 36.4 Å². The molecule has 0 saturated carbocycles. The lowest BCUT2D eigenvalue weighted by Crippen LogP contribution is -2.16. The fourth-order valence-corrected chi connectivity index (χ4v) is 6.31. The molecule has 0 aliphatic heterocycles. The third-order valence-electron chi connectivity index (χ3n) is 5.46. The molecule has 2 aromatic heterocycles. The lowest BCUT2D eigenvalue weighted by Gasteiger charge is -2.13. The number of nitro benzene ring substituents is 1. The molecule has 37 heavy (non-hydrogen) atoms. The number of rotatable bonds is 7. The summed E-state index contributed by atoms with van der Waals surface area (Å²) in [5.74, 6) is 0. The number of pyridine rings is 2. The van der Waals surface area contributed by atoms with Crippen molar-refractivity contribution < 1.29 is 21.8 Å². The topological polar surface area (TPSA) is 161 Å². The van der Waals surface area contributed by atoms with Crippen molar-refractivity contribution in [2.45, 2.75) is 9.79 Å². The molecule has 186 valence electrons. The zero-order chi connectivity index (χ0) is 26.2. The molecule has 0 saturated heterocycles. The summed E-state index contributed by atoms with van der Waals surface area (Å²) in [6.45, 7) is 0. The standard InChI is InChI=1S/C24H17N5O6S2/c30-29(31)20-12-11-18(27-36(32,33)21-9-1-5-16-7-3-13-25-23(16)21)15-19(20)28-37(34,35)22-10-2-6-17-8-4-14-26-24(17)22/h1-15,27-28H. The average molecular weight is 536 g/mol. The Morgan fingerprint density at radius 2 is 1.19 bits per heavy atom. The number of para-hydroxylation sites is 2. The van der Waals surface area contributed by atoms with Crippen molar-refractivity contribution in [3.05, 3.63) is 101 Å². The minimum absolute atomic E-state index is 0.0905. The Hall–Kier alpha value is -4.62. The second-order valence-corrected chi connectivity index (χ2v) is 11.2. The number of fused-ring (bicyclic) bond motifs is 2. The van der Waals surface area contributed by atoms with Crippen LogP contribution in [0.5, 0.6) is 0 Å². The number of nitrogens with zero attached hydrogens (tertiary/aromatic N) is 3. The highest BCUT2D eigenvalue weighted by Gasteiger charge is 2.25. The molecule has 0 spiro atoms. The minimum Gasteiger partial charge on any atom is -0.279 e. The Morgan fingerprint density at radius 3 is 1.73 bits per heavy atom. The third-order valence-corrected chi connectivity index (χ3v) is 8.27. The normalized spacial score (nSPS) is 11.9. The molecule has 11 nitrogen and oxygen atoms in total. The average Bonchev–Trinajstić information content (AvgIpc) is 2.87. The highest BCUT2D eigenvalue weighted by atomic mass is 32.2. The van der Waals surface area contributed by atoms with E-state index in [-0.39, 0.29) is 26.5 Å². The summed E-state index contributed by atoms with van der Waals surface area (Å²) < 4.78 is 57.4. The van der Waals surface area contributed by atoms with Crippen LogP contribution in [-0.4, -0.2) is 31.7 Å². The number of hydrogen-bond acceptors (Lipinski definition) is 8. The van der Waals surface area contributed by atoms with Crippen LogP contribution in [0.2, 0.25) is 0 Å². The number of hydrogen-bond donors (Lipinski definition) is 2. The van der Waals surface area contributed by atoms with Crippen LogP contribution in [0.1, 0.15) is 0 Å². The summed E-state index contributed by atoms with van der Waals surface area (Å²) in [6, 6.07) is 19.1. The summed E-state index contributed by atoms with van der Waals surface area (Å²) in [5.41, 5.74) is -0.655. The molecule has 0 aliphatic carbocycles. The van der Waals surface area contributed by atoms with E-state index in [2.05, 4.69) is 19.4 Å². The van der Waals surface area contributed by atoms with E-state index >= 15 is 0 Å². The van der Waals surface area contributed by atoms with Crippen molar-refractivity contribution >= 4 is 58.9 Å². The summed E-state index contributed by atoms with van der Waals surface area (Å²) >= 11 is 0. The molecule has 0 aliphatic rings. The first kappa shape index (κ1) is 24.1. The summed E-state index contributed by atoms with van der Waals surface area (Å²) in [7, 11) is -8.53. The Morgan fingerprint density at radius 1 is 0.676 bits per heavy atom. The lowest BCUT2D eigenvalue weighted by molar-refractivity contribution is -0.383. The SMILES string of the molecule is O=[N+]([O-])c1ccc(NS(=O)(=O)c2cccc3cccnc23)cc1NS(=O)(=O)c1cccc2cccnc12. The molecule has 0 bridgehead atoms. The van der Waals surface area contributed by atoms with Crippen LogP contribution in [0.25, 0.3) is 21.8 Å². The van der Waals surface area contributed by atoms with E-state index in [1.54, 1.807) is 42.5 Å². The van der Waals surface area contributed by atoms with Gasteiger partial charge in [-0.3, -0.25) is 29.5 Å².